The molecule has 4 nitrogen and oxygen atoms in total. The molecule has 0 aromatic rings. The maximum absolute atomic E-state index is 9.34. The number of rotatable bonds is 1. The lowest BCUT2D eigenvalue weighted by Crippen LogP contribution is -1.70. The monoisotopic (exact) mass is 164 g/mol. The van der Waals surface area contributed by atoms with Crippen molar-refractivity contribution in [1.82, 2.24) is 0 Å². The molecule has 0 aliphatic rings. The summed E-state index contributed by atoms with van der Waals surface area (Å²) in [6.45, 7) is 0. The molecule has 0 atom stereocenters. The molecule has 0 radical (unpaired) electrons. The molecule has 0 amide bonds. The van der Waals surface area contributed by atoms with E-state index in [9.17, 15) is 4.57 Å². The first kappa shape index (κ1) is 10.6. The van der Waals surface area contributed by atoms with Gasteiger partial charge in [-0.1, -0.05) is 0 Å². The lowest BCUT2D eigenvalue weighted by molar-refractivity contribution is 0.292. The molecule has 46 valence electrons. The van der Waals surface area contributed by atoms with Gasteiger partial charge in [0.25, 0.3) is 0 Å². The van der Waals surface area contributed by atoms with E-state index in [1.54, 1.807) is 0 Å². The zero-order valence-corrected chi connectivity index (χ0v) is 4.19. The highest BCUT2D eigenvalue weighted by Crippen LogP contribution is 2.36. The first-order valence-corrected chi connectivity index (χ1v) is 2.76. The lowest BCUT2D eigenvalue weighted by atomic mass is 15.8. The van der Waals surface area contributed by atoms with Crippen molar-refractivity contribution in [3.8, 4) is 0 Å². The summed E-state index contributed by atoms with van der Waals surface area (Å²) in [5.41, 5.74) is 0. The molecule has 0 aliphatic carbocycles. The lowest BCUT2D eigenvalue weighted by Gasteiger charge is -1.89. The van der Waals surface area contributed by atoms with Crippen LogP contribution in [0.3, 0.4) is 0 Å². The van der Waals surface area contributed by atoms with E-state index in [4.69, 9.17) is 9.79 Å². The molecule has 0 aliphatic heterocycles. The average Bonchev–Trinajstić information content (AvgIpc) is 1.35. The Labute approximate surface area is 49.9 Å². The van der Waals surface area contributed by atoms with Crippen molar-refractivity contribution in [3.63, 3.8) is 0 Å². The Morgan fingerprint density at radius 2 is 1.71 bits per heavy atom. The summed E-state index contributed by atoms with van der Waals surface area (Å²) in [4.78, 5) is 15.2. The molecule has 0 saturated heterocycles. The Morgan fingerprint density at radius 3 is 1.71 bits per heavy atom. The maximum Gasteiger partial charge on any atom is 0.486 e. The van der Waals surface area contributed by atoms with Gasteiger partial charge in [-0.05, 0) is 11.0 Å². The van der Waals surface area contributed by atoms with E-state index in [0.29, 0.717) is 0 Å². The highest BCUT2D eigenvalue weighted by molar-refractivity contribution is 7.47. The van der Waals surface area contributed by atoms with Gasteiger partial charge >= 0.3 is 7.82 Å². The SMILES string of the molecule is O=P(O)(O)OCl.[SiH4]. The van der Waals surface area contributed by atoms with E-state index in [1.807, 2.05) is 0 Å². The molecule has 0 aromatic carbocycles. The molecule has 0 saturated carbocycles. The molecular formula is H6ClO4PSi. The topological polar surface area (TPSA) is 66.8 Å². The third kappa shape index (κ3) is 10.8. The summed E-state index contributed by atoms with van der Waals surface area (Å²) >= 11 is 4.21. The van der Waals surface area contributed by atoms with Crippen LogP contribution in [-0.4, -0.2) is 20.8 Å². The molecule has 0 heterocycles. The first-order valence-electron chi connectivity index (χ1n) is 0.919. The zero-order chi connectivity index (χ0) is 5.21. The van der Waals surface area contributed by atoms with Crippen LogP contribution in [0.5, 0.6) is 0 Å². The molecule has 0 unspecified atom stereocenters. The Hall–Kier alpha value is 0.617. The van der Waals surface area contributed by atoms with Gasteiger partial charge in [0.1, 0.15) is 0 Å². The van der Waals surface area contributed by atoms with Crippen molar-refractivity contribution < 1.29 is 18.4 Å². The molecule has 7 heteroatoms. The van der Waals surface area contributed by atoms with Crippen LogP contribution in [0.1, 0.15) is 0 Å². The molecule has 7 heavy (non-hydrogen) atoms. The minimum Gasteiger partial charge on any atom is -0.302 e. The summed E-state index contributed by atoms with van der Waals surface area (Å²) in [5.74, 6) is 0. The van der Waals surface area contributed by atoms with Crippen LogP contribution in [0.15, 0.2) is 0 Å². The van der Waals surface area contributed by atoms with E-state index in [2.05, 4.69) is 15.9 Å². The van der Waals surface area contributed by atoms with Crippen LogP contribution < -0.4 is 0 Å². The van der Waals surface area contributed by atoms with Crippen LogP contribution in [-0.2, 0) is 8.64 Å². The third-order valence-electron chi connectivity index (χ3n) is 0.0899. The smallest absolute Gasteiger partial charge is 0.302 e. The van der Waals surface area contributed by atoms with Gasteiger partial charge in [0.15, 0.2) is 0 Å². The van der Waals surface area contributed by atoms with Crippen molar-refractivity contribution >= 4 is 30.7 Å². The van der Waals surface area contributed by atoms with Crippen LogP contribution in [0.2, 0.25) is 0 Å². The Bertz CT molecular complexity index is 75.8. The van der Waals surface area contributed by atoms with Crippen molar-refractivity contribution in [2.75, 3.05) is 0 Å². The molecule has 2 N–H and O–H groups in total. The molecule has 0 spiro atoms. The summed E-state index contributed by atoms with van der Waals surface area (Å²) < 4.78 is 12.4. The quantitative estimate of drug-likeness (QED) is 0.377. The van der Waals surface area contributed by atoms with Gasteiger partial charge in [-0.15, -0.1) is 0 Å². The van der Waals surface area contributed by atoms with Crippen molar-refractivity contribution in [2.45, 2.75) is 0 Å². The largest absolute Gasteiger partial charge is 0.486 e. The van der Waals surface area contributed by atoms with Gasteiger partial charge in [0.05, 0.1) is 11.9 Å². The first-order chi connectivity index (χ1) is 2.56. The summed E-state index contributed by atoms with van der Waals surface area (Å²) in [6.07, 6.45) is 0. The van der Waals surface area contributed by atoms with Crippen LogP contribution in [0.4, 0.5) is 0 Å². The van der Waals surface area contributed by atoms with Crippen LogP contribution >= 0.6 is 19.7 Å². The number of hydrogen-bond donors (Lipinski definition) is 2. The van der Waals surface area contributed by atoms with E-state index in [-0.39, 0.29) is 11.0 Å². The maximum atomic E-state index is 9.34. The molecule has 0 bridgehead atoms. The second kappa shape index (κ2) is 3.60. The minimum absolute atomic E-state index is 0. The molecule has 0 rings (SSSR count). The van der Waals surface area contributed by atoms with Crippen molar-refractivity contribution in [3.05, 3.63) is 0 Å². The highest BCUT2D eigenvalue weighted by Gasteiger charge is 2.10. The average molecular weight is 165 g/mol. The van der Waals surface area contributed by atoms with Gasteiger partial charge in [0, 0.05) is 0 Å². The Balaban J connectivity index is 0. The van der Waals surface area contributed by atoms with Crippen molar-refractivity contribution in [1.29, 1.82) is 0 Å². The number of halogens is 1. The van der Waals surface area contributed by atoms with Gasteiger partial charge in [-0.25, -0.2) is 4.57 Å². The summed E-state index contributed by atoms with van der Waals surface area (Å²) in [5, 5.41) is 0. The standard InChI is InChI=1S/ClH2O4P.H4Si/c1-5-6(2,3)4;/h(H2,2,3,4);1H4. The summed E-state index contributed by atoms with van der Waals surface area (Å²) in [7, 11) is -4.38. The van der Waals surface area contributed by atoms with Crippen LogP contribution in [0, 0.1) is 0 Å². The predicted octanol–water partition coefficient (Wildman–Crippen LogP) is -1.20. The second-order valence-corrected chi connectivity index (χ2v) is 2.09. The van der Waals surface area contributed by atoms with Gasteiger partial charge in [-0.2, -0.15) is 4.08 Å². The van der Waals surface area contributed by atoms with E-state index in [1.165, 1.54) is 0 Å². The summed E-state index contributed by atoms with van der Waals surface area (Å²) in [6, 6.07) is 0. The van der Waals surface area contributed by atoms with E-state index < -0.39 is 7.82 Å². The third-order valence-corrected chi connectivity index (χ3v) is 0.809. The number of phosphoric acid groups is 1. The fourth-order valence-corrected chi connectivity index (χ4v) is 0. The zero-order valence-electron chi connectivity index (χ0n) is 2.54. The minimum atomic E-state index is -4.38. The van der Waals surface area contributed by atoms with Gasteiger partial charge in [-0.3, -0.25) is 0 Å². The van der Waals surface area contributed by atoms with Gasteiger partial charge < -0.3 is 9.79 Å². The Morgan fingerprint density at radius 1 is 1.57 bits per heavy atom. The fourth-order valence-electron chi connectivity index (χ4n) is 0. The highest BCUT2D eigenvalue weighted by atomic mass is 35.5. The number of hydrogen-bond acceptors (Lipinski definition) is 2. The fraction of sp³-hybridized carbons (Fsp3) is 0. The van der Waals surface area contributed by atoms with Crippen LogP contribution in [0.25, 0.3) is 0 Å². The molecule has 0 aromatic heterocycles. The second-order valence-electron chi connectivity index (χ2n) is 0.560. The Kier molecular flexibility index (Phi) is 5.43. The van der Waals surface area contributed by atoms with Crippen molar-refractivity contribution in [2.24, 2.45) is 0 Å². The molecular weight excluding hydrogens is 159 g/mol. The normalized spacial score (nSPS) is 10.1. The predicted molar refractivity (Wildman–Crippen MR) is 30.3 cm³/mol. The van der Waals surface area contributed by atoms with E-state index >= 15 is 0 Å². The van der Waals surface area contributed by atoms with Gasteiger partial charge in [0.2, 0.25) is 0 Å². The van der Waals surface area contributed by atoms with E-state index in [0.717, 1.165) is 0 Å². The molecule has 0 fully saturated rings.